The van der Waals surface area contributed by atoms with Crippen LogP contribution in [0.2, 0.25) is 0 Å². The molecular formula is C10H15I2NO3. The summed E-state index contributed by atoms with van der Waals surface area (Å²) in [6.45, 7) is 6.02. The van der Waals surface area contributed by atoms with Crippen LogP contribution < -0.4 is 0 Å². The molecule has 1 aliphatic heterocycles. The van der Waals surface area contributed by atoms with Gasteiger partial charge in [0.2, 0.25) is 5.91 Å². The molecule has 16 heavy (non-hydrogen) atoms. The molecule has 1 heterocycles. The van der Waals surface area contributed by atoms with Crippen LogP contribution in [0.3, 0.4) is 0 Å². The molecule has 1 N–H and O–H groups in total. The molecule has 0 aromatic heterocycles. The maximum Gasteiger partial charge on any atom is 0.305 e. The third kappa shape index (κ3) is 4.19. The summed E-state index contributed by atoms with van der Waals surface area (Å²) in [5, 5.41) is 8.61. The van der Waals surface area contributed by atoms with Crippen molar-refractivity contribution >= 4 is 49.1 Å². The summed E-state index contributed by atoms with van der Waals surface area (Å²) in [6, 6.07) is -0.229. The van der Waals surface area contributed by atoms with E-state index >= 15 is 0 Å². The van der Waals surface area contributed by atoms with E-state index in [2.05, 4.69) is 37.2 Å². The number of rotatable bonds is 3. The van der Waals surface area contributed by atoms with Gasteiger partial charge >= 0.3 is 5.97 Å². The zero-order valence-corrected chi connectivity index (χ0v) is 13.8. The van der Waals surface area contributed by atoms with Crippen LogP contribution in [0.5, 0.6) is 0 Å². The van der Waals surface area contributed by atoms with Gasteiger partial charge in [0, 0.05) is 55.4 Å². The Morgan fingerprint density at radius 3 is 2.31 bits per heavy atom. The molecule has 0 aromatic rings. The van der Waals surface area contributed by atoms with Crippen LogP contribution in [0, 0.1) is 0 Å². The lowest BCUT2D eigenvalue weighted by molar-refractivity contribution is -0.139. The summed E-state index contributed by atoms with van der Waals surface area (Å²) in [7, 11) is 0. The molecule has 0 fully saturated rings. The average Bonchev–Trinajstić information content (AvgIpc) is 2.48. The van der Waals surface area contributed by atoms with Gasteiger partial charge in [0.05, 0.1) is 6.42 Å². The molecule has 1 amide bonds. The summed E-state index contributed by atoms with van der Waals surface area (Å²) in [6.07, 6.45) is 0.00625. The van der Waals surface area contributed by atoms with Crippen LogP contribution in [0.1, 0.15) is 27.2 Å². The number of aliphatic carboxylic acids is 1. The first-order chi connectivity index (χ1) is 7.43. The summed E-state index contributed by atoms with van der Waals surface area (Å²) in [4.78, 5) is 23.7. The lowest BCUT2D eigenvalue weighted by Gasteiger charge is -2.23. The highest BCUT2D eigenvalue weighted by Crippen LogP contribution is 2.21. The minimum atomic E-state index is -0.868. The van der Waals surface area contributed by atoms with Crippen LogP contribution >= 0.6 is 37.2 Å². The van der Waals surface area contributed by atoms with Gasteiger partial charge in [-0.2, -0.15) is 0 Å². The summed E-state index contributed by atoms with van der Waals surface area (Å²) >= 11 is 4.24. The number of amides is 1. The Bertz CT molecular complexity index is 315. The molecule has 0 aromatic carbocycles. The Kier molecular flexibility index (Phi) is 7.53. The molecular weight excluding hydrogens is 436 g/mol. The SMILES string of the molecule is CC1=C(C)C(=O)N(C(C)CC(=O)O)C1.II. The highest BCUT2D eigenvalue weighted by molar-refractivity contribution is 15.0. The normalized spacial score (nSPS) is 17.1. The molecule has 4 nitrogen and oxygen atoms in total. The molecule has 1 atom stereocenters. The van der Waals surface area contributed by atoms with Gasteiger partial charge < -0.3 is 10.0 Å². The standard InChI is InChI=1S/C10H15NO3.I2/c1-6-5-11(10(14)8(6)3)7(2)4-9(12)13;1-2/h7H,4-5H2,1-3H3,(H,12,13);. The summed E-state index contributed by atoms with van der Waals surface area (Å²) < 4.78 is 0. The molecule has 0 radical (unpaired) electrons. The van der Waals surface area contributed by atoms with E-state index in [-0.39, 0.29) is 18.4 Å². The van der Waals surface area contributed by atoms with Crippen molar-refractivity contribution in [2.24, 2.45) is 0 Å². The van der Waals surface area contributed by atoms with Gasteiger partial charge in [0.15, 0.2) is 0 Å². The lowest BCUT2D eigenvalue weighted by atomic mass is 10.2. The first-order valence-corrected chi connectivity index (χ1v) is 11.1. The van der Waals surface area contributed by atoms with Crippen molar-refractivity contribution in [3.8, 4) is 0 Å². The number of carboxylic acid groups (broad SMARTS) is 1. The molecule has 1 aliphatic rings. The van der Waals surface area contributed by atoms with Gasteiger partial charge in [0.1, 0.15) is 0 Å². The average molecular weight is 451 g/mol. The third-order valence-corrected chi connectivity index (χ3v) is 2.63. The molecule has 6 heteroatoms. The van der Waals surface area contributed by atoms with E-state index in [9.17, 15) is 9.59 Å². The molecule has 0 aliphatic carbocycles. The number of hydrogen-bond acceptors (Lipinski definition) is 2. The molecule has 0 saturated heterocycles. The van der Waals surface area contributed by atoms with Gasteiger partial charge in [-0.05, 0) is 26.3 Å². The van der Waals surface area contributed by atoms with Gasteiger partial charge in [-0.1, -0.05) is 0 Å². The van der Waals surface area contributed by atoms with Gasteiger partial charge in [-0.15, -0.1) is 0 Å². The predicted molar refractivity (Wildman–Crippen MR) is 79.8 cm³/mol. The number of carboxylic acids is 1. The van der Waals surface area contributed by atoms with E-state index in [1.807, 2.05) is 6.92 Å². The Morgan fingerprint density at radius 2 is 2.00 bits per heavy atom. The van der Waals surface area contributed by atoms with Gasteiger partial charge in [-0.3, -0.25) is 9.59 Å². The Morgan fingerprint density at radius 1 is 1.50 bits per heavy atom. The zero-order valence-electron chi connectivity index (χ0n) is 9.46. The number of carbonyl (C=O) groups excluding carboxylic acids is 1. The minimum Gasteiger partial charge on any atom is -0.481 e. The monoisotopic (exact) mass is 451 g/mol. The number of carbonyl (C=O) groups is 2. The maximum atomic E-state index is 11.6. The molecule has 1 rings (SSSR count). The van der Waals surface area contributed by atoms with E-state index < -0.39 is 5.97 Å². The molecule has 0 bridgehead atoms. The van der Waals surface area contributed by atoms with Crippen molar-refractivity contribution in [1.82, 2.24) is 4.90 Å². The fourth-order valence-corrected chi connectivity index (χ4v) is 1.56. The molecule has 0 saturated carbocycles. The first kappa shape index (κ1) is 16.1. The van der Waals surface area contributed by atoms with Crippen LogP contribution in [-0.4, -0.2) is 34.5 Å². The highest BCUT2D eigenvalue weighted by atomic mass is 128. The lowest BCUT2D eigenvalue weighted by Crippen LogP contribution is -2.37. The summed E-state index contributed by atoms with van der Waals surface area (Å²) in [5.74, 6) is -0.899. The van der Waals surface area contributed by atoms with E-state index in [0.717, 1.165) is 11.1 Å². The topological polar surface area (TPSA) is 57.6 Å². The number of nitrogens with zero attached hydrogens (tertiary/aromatic N) is 1. The second kappa shape index (κ2) is 7.46. The number of hydrogen-bond donors (Lipinski definition) is 1. The molecule has 1 unspecified atom stereocenters. The number of halogens is 2. The quantitative estimate of drug-likeness (QED) is 0.672. The van der Waals surface area contributed by atoms with E-state index in [1.54, 1.807) is 18.7 Å². The minimum absolute atomic E-state index is 0.00625. The molecule has 0 spiro atoms. The highest BCUT2D eigenvalue weighted by Gasteiger charge is 2.29. The van der Waals surface area contributed by atoms with Crippen LogP contribution in [0.15, 0.2) is 11.1 Å². The van der Waals surface area contributed by atoms with Gasteiger partial charge in [0.25, 0.3) is 0 Å². The van der Waals surface area contributed by atoms with Crippen molar-refractivity contribution in [2.45, 2.75) is 33.2 Å². The molecule has 92 valence electrons. The second-order valence-electron chi connectivity index (χ2n) is 3.79. The van der Waals surface area contributed by atoms with Gasteiger partial charge in [-0.25, -0.2) is 0 Å². The van der Waals surface area contributed by atoms with Crippen molar-refractivity contribution in [2.75, 3.05) is 6.54 Å². The largest absolute Gasteiger partial charge is 0.481 e. The van der Waals surface area contributed by atoms with E-state index in [4.69, 9.17) is 5.11 Å². The smallest absolute Gasteiger partial charge is 0.305 e. The second-order valence-corrected chi connectivity index (χ2v) is 3.79. The third-order valence-electron chi connectivity index (χ3n) is 2.63. The Balaban J connectivity index is 0.00000106. The van der Waals surface area contributed by atoms with Crippen LogP contribution in [-0.2, 0) is 9.59 Å². The van der Waals surface area contributed by atoms with E-state index in [0.29, 0.717) is 6.54 Å². The van der Waals surface area contributed by atoms with Crippen molar-refractivity contribution < 1.29 is 14.7 Å². The first-order valence-electron chi connectivity index (χ1n) is 4.77. The van der Waals surface area contributed by atoms with Crippen LogP contribution in [0.4, 0.5) is 0 Å². The van der Waals surface area contributed by atoms with Crippen molar-refractivity contribution in [3.63, 3.8) is 0 Å². The van der Waals surface area contributed by atoms with Crippen molar-refractivity contribution in [3.05, 3.63) is 11.1 Å². The summed E-state index contributed by atoms with van der Waals surface area (Å²) in [5.41, 5.74) is 1.79. The van der Waals surface area contributed by atoms with Crippen molar-refractivity contribution in [1.29, 1.82) is 0 Å². The van der Waals surface area contributed by atoms with E-state index in [1.165, 1.54) is 0 Å². The fraction of sp³-hybridized carbons (Fsp3) is 0.600. The van der Waals surface area contributed by atoms with Crippen LogP contribution in [0.25, 0.3) is 0 Å². The predicted octanol–water partition coefficient (Wildman–Crippen LogP) is 2.80. The maximum absolute atomic E-state index is 11.6. The Hall–Kier alpha value is 0.140. The fourth-order valence-electron chi connectivity index (χ4n) is 1.56. The zero-order chi connectivity index (χ0) is 12.9. The Labute approximate surface area is 119 Å².